The highest BCUT2D eigenvalue weighted by Gasteiger charge is 2.35. The molecular weight excluding hydrogens is 394 g/mol. The minimum Gasteiger partial charge on any atom is -0.456 e. The highest BCUT2D eigenvalue weighted by molar-refractivity contribution is 6.30. The largest absolute Gasteiger partial charge is 0.456 e. The number of carbonyl (C=O) groups excluding carboxylic acids is 3. The van der Waals surface area contributed by atoms with Crippen LogP contribution in [-0.4, -0.2) is 38.6 Å². The zero-order valence-electron chi connectivity index (χ0n) is 15.7. The number of hydrogen-bond acceptors (Lipinski definition) is 5. The van der Waals surface area contributed by atoms with Crippen LogP contribution >= 0.6 is 11.6 Å². The summed E-state index contributed by atoms with van der Waals surface area (Å²) in [4.78, 5) is 42.9. The summed E-state index contributed by atoms with van der Waals surface area (Å²) in [5.41, 5.74) is 2.03. The molecule has 2 aromatic heterocycles. The van der Waals surface area contributed by atoms with Crippen molar-refractivity contribution >= 4 is 35.0 Å². The molecule has 3 aromatic rings. The van der Waals surface area contributed by atoms with Crippen LogP contribution < -0.4 is 0 Å². The Hall–Kier alpha value is -3.19. The number of pyridine rings is 1. The number of amides is 2. The smallest absolute Gasteiger partial charge is 0.338 e. The number of carbonyl (C=O) groups is 3. The molecule has 0 atom stereocenters. The van der Waals surface area contributed by atoms with Gasteiger partial charge in [-0.15, -0.1) is 0 Å². The maximum absolute atomic E-state index is 12.5. The Morgan fingerprint density at radius 2 is 1.90 bits per heavy atom. The van der Waals surface area contributed by atoms with E-state index in [1.165, 1.54) is 23.1 Å². The molecule has 1 aliphatic rings. The third-order valence-electron chi connectivity index (χ3n) is 4.76. The van der Waals surface area contributed by atoms with Crippen LogP contribution in [-0.2, 0) is 11.3 Å². The number of unbranched alkanes of at least 4 members (excludes halogenated alkanes) is 1. The summed E-state index contributed by atoms with van der Waals surface area (Å²) in [5, 5.41) is 0.573. The van der Waals surface area contributed by atoms with Gasteiger partial charge in [0, 0.05) is 18.9 Å². The molecule has 0 bridgehead atoms. The molecule has 0 saturated heterocycles. The molecule has 0 fully saturated rings. The Labute approximate surface area is 171 Å². The van der Waals surface area contributed by atoms with Gasteiger partial charge < -0.3 is 9.14 Å². The number of imidazole rings is 1. The maximum Gasteiger partial charge on any atom is 0.338 e. The lowest BCUT2D eigenvalue weighted by Gasteiger charge is -2.12. The van der Waals surface area contributed by atoms with Crippen LogP contribution in [0.4, 0.5) is 0 Å². The zero-order valence-corrected chi connectivity index (χ0v) is 16.5. The van der Waals surface area contributed by atoms with E-state index in [1.807, 2.05) is 6.92 Å². The number of imide groups is 1. The molecule has 0 unspecified atom stereocenters. The van der Waals surface area contributed by atoms with Crippen molar-refractivity contribution < 1.29 is 19.1 Å². The zero-order chi connectivity index (χ0) is 20.5. The van der Waals surface area contributed by atoms with Crippen LogP contribution in [0.1, 0.15) is 56.5 Å². The number of rotatable bonds is 6. The van der Waals surface area contributed by atoms with E-state index < -0.39 is 5.97 Å². The van der Waals surface area contributed by atoms with Crippen molar-refractivity contribution in [3.8, 4) is 0 Å². The van der Waals surface area contributed by atoms with E-state index >= 15 is 0 Å². The van der Waals surface area contributed by atoms with Crippen LogP contribution in [0.2, 0.25) is 5.02 Å². The topological polar surface area (TPSA) is 81.0 Å². The average molecular weight is 412 g/mol. The monoisotopic (exact) mass is 411 g/mol. The highest BCUT2D eigenvalue weighted by atomic mass is 35.5. The number of ether oxygens (including phenoxy) is 1. The Bertz CT molecular complexity index is 1140. The van der Waals surface area contributed by atoms with Gasteiger partial charge in [-0.3, -0.25) is 14.5 Å². The van der Waals surface area contributed by atoms with Crippen LogP contribution in [0.5, 0.6) is 0 Å². The van der Waals surface area contributed by atoms with Gasteiger partial charge >= 0.3 is 5.97 Å². The predicted octanol–water partition coefficient (Wildman–Crippen LogP) is 3.74. The van der Waals surface area contributed by atoms with Crippen molar-refractivity contribution in [2.75, 3.05) is 6.54 Å². The summed E-state index contributed by atoms with van der Waals surface area (Å²) in [5.74, 6) is -1.28. The number of benzene rings is 1. The van der Waals surface area contributed by atoms with Crippen LogP contribution in [0.15, 0.2) is 42.7 Å². The lowest BCUT2D eigenvalue weighted by atomic mass is 10.1. The second kappa shape index (κ2) is 7.67. The molecule has 29 heavy (non-hydrogen) atoms. The average Bonchev–Trinajstić information content (AvgIpc) is 3.22. The number of esters is 1. The van der Waals surface area contributed by atoms with Gasteiger partial charge in [0.15, 0.2) is 0 Å². The predicted molar refractivity (Wildman–Crippen MR) is 106 cm³/mol. The second-order valence-corrected chi connectivity index (χ2v) is 7.23. The van der Waals surface area contributed by atoms with E-state index in [-0.39, 0.29) is 29.5 Å². The van der Waals surface area contributed by atoms with Crippen molar-refractivity contribution in [2.45, 2.75) is 26.4 Å². The number of fused-ring (bicyclic) bond motifs is 2. The standard InChI is InChI=1S/C21H18ClN3O4/c1-2-3-8-25-19(26)16-6-4-13(9-17(16)20(25)27)21(28)29-12-15-11-24-10-14(22)5-7-18(24)23-15/h4-7,9-11H,2-3,8,12H2,1H3. The first kappa shape index (κ1) is 19.1. The van der Waals surface area contributed by atoms with Gasteiger partial charge in [0.1, 0.15) is 12.3 Å². The fourth-order valence-corrected chi connectivity index (χ4v) is 3.41. The summed E-state index contributed by atoms with van der Waals surface area (Å²) in [6.07, 6.45) is 5.05. The molecule has 4 rings (SSSR count). The molecule has 0 N–H and O–H groups in total. The number of nitrogens with zero attached hydrogens (tertiary/aromatic N) is 3. The molecular formula is C21H18ClN3O4. The minimum atomic E-state index is -0.588. The molecule has 0 saturated carbocycles. The van der Waals surface area contributed by atoms with Crippen molar-refractivity contribution in [1.82, 2.24) is 14.3 Å². The Balaban J connectivity index is 1.48. The highest BCUT2D eigenvalue weighted by Crippen LogP contribution is 2.25. The van der Waals surface area contributed by atoms with Crippen LogP contribution in [0.25, 0.3) is 5.65 Å². The third-order valence-corrected chi connectivity index (χ3v) is 4.98. The van der Waals surface area contributed by atoms with Crippen molar-refractivity contribution in [2.24, 2.45) is 0 Å². The van der Waals surface area contributed by atoms with Crippen molar-refractivity contribution in [3.63, 3.8) is 0 Å². The Morgan fingerprint density at radius 1 is 1.10 bits per heavy atom. The van der Waals surface area contributed by atoms with Crippen LogP contribution in [0.3, 0.4) is 0 Å². The van der Waals surface area contributed by atoms with E-state index in [0.29, 0.717) is 28.5 Å². The van der Waals surface area contributed by atoms with Gasteiger partial charge in [0.05, 0.1) is 27.4 Å². The molecule has 8 heteroatoms. The van der Waals surface area contributed by atoms with Gasteiger partial charge in [-0.2, -0.15) is 0 Å². The fraction of sp³-hybridized carbons (Fsp3) is 0.238. The first-order chi connectivity index (χ1) is 14.0. The van der Waals surface area contributed by atoms with E-state index in [2.05, 4.69) is 4.98 Å². The van der Waals surface area contributed by atoms with E-state index in [4.69, 9.17) is 16.3 Å². The van der Waals surface area contributed by atoms with E-state index in [9.17, 15) is 14.4 Å². The fourth-order valence-electron chi connectivity index (χ4n) is 3.25. The summed E-state index contributed by atoms with van der Waals surface area (Å²) >= 11 is 5.95. The van der Waals surface area contributed by atoms with Crippen molar-refractivity contribution in [3.05, 3.63) is 70.1 Å². The number of hydrogen-bond donors (Lipinski definition) is 0. The van der Waals surface area contributed by atoms with Crippen molar-refractivity contribution in [1.29, 1.82) is 0 Å². The number of halogens is 1. The van der Waals surface area contributed by atoms with Gasteiger partial charge in [-0.1, -0.05) is 24.9 Å². The molecule has 1 aromatic carbocycles. The first-order valence-corrected chi connectivity index (χ1v) is 9.66. The molecule has 0 aliphatic carbocycles. The van der Waals surface area contributed by atoms with E-state index in [1.54, 1.807) is 28.9 Å². The summed E-state index contributed by atoms with van der Waals surface area (Å²) < 4.78 is 7.08. The van der Waals surface area contributed by atoms with E-state index in [0.717, 1.165) is 12.8 Å². The SMILES string of the molecule is CCCCN1C(=O)c2ccc(C(=O)OCc3cn4cc(Cl)ccc4n3)cc2C1=O. The van der Waals surface area contributed by atoms with Gasteiger partial charge in [-0.25, -0.2) is 9.78 Å². The lowest BCUT2D eigenvalue weighted by Crippen LogP contribution is -2.30. The Kier molecular flexibility index (Phi) is 5.07. The minimum absolute atomic E-state index is 0.0231. The maximum atomic E-state index is 12.5. The molecule has 0 spiro atoms. The van der Waals surface area contributed by atoms with Gasteiger partial charge in [-0.05, 0) is 36.8 Å². The summed E-state index contributed by atoms with van der Waals surface area (Å²) in [6.45, 7) is 2.34. The van der Waals surface area contributed by atoms with Gasteiger partial charge in [0.25, 0.3) is 11.8 Å². The van der Waals surface area contributed by atoms with Crippen LogP contribution in [0, 0.1) is 0 Å². The lowest BCUT2D eigenvalue weighted by molar-refractivity contribution is 0.0468. The molecule has 1 aliphatic heterocycles. The molecule has 148 valence electrons. The summed E-state index contributed by atoms with van der Waals surface area (Å²) in [7, 11) is 0. The summed E-state index contributed by atoms with van der Waals surface area (Å²) in [6, 6.07) is 7.92. The quantitative estimate of drug-likeness (QED) is 0.456. The molecule has 2 amide bonds. The third kappa shape index (κ3) is 3.61. The second-order valence-electron chi connectivity index (χ2n) is 6.80. The molecule has 3 heterocycles. The Morgan fingerprint density at radius 3 is 2.69 bits per heavy atom. The van der Waals surface area contributed by atoms with Gasteiger partial charge in [0.2, 0.25) is 0 Å². The number of aromatic nitrogens is 2. The molecule has 0 radical (unpaired) electrons. The molecule has 7 nitrogen and oxygen atoms in total. The first-order valence-electron chi connectivity index (χ1n) is 9.28. The normalized spacial score (nSPS) is 13.2.